The Morgan fingerprint density at radius 1 is 1.28 bits per heavy atom. The molecule has 0 amide bonds. The molecule has 1 N–H and O–H groups in total. The van der Waals surface area contributed by atoms with Gasteiger partial charge in [0.2, 0.25) is 0 Å². The van der Waals surface area contributed by atoms with E-state index in [2.05, 4.69) is 4.98 Å². The van der Waals surface area contributed by atoms with Crippen molar-refractivity contribution in [3.8, 4) is 0 Å². The van der Waals surface area contributed by atoms with Gasteiger partial charge < -0.3 is 5.11 Å². The summed E-state index contributed by atoms with van der Waals surface area (Å²) < 4.78 is 24.0. The topological polar surface area (TPSA) is 84.3 Å². The fourth-order valence-electron chi connectivity index (χ4n) is 1.37. The maximum atomic E-state index is 12.0. The number of hydrogen-bond donors (Lipinski definition) is 1. The molecule has 0 radical (unpaired) electrons. The molecule has 1 heterocycles. The molecule has 2 rings (SSSR count). The SMILES string of the molecule is O=C(O)c1ccc(S(=O)(=O)Cc2nccs2)cc1. The first kappa shape index (κ1) is 12.7. The summed E-state index contributed by atoms with van der Waals surface area (Å²) in [5.74, 6) is -1.25. The summed E-state index contributed by atoms with van der Waals surface area (Å²) in [6, 6.07) is 5.15. The van der Waals surface area contributed by atoms with Crippen LogP contribution in [0.4, 0.5) is 0 Å². The standard InChI is InChI=1S/C11H9NO4S2/c13-11(14)8-1-3-9(4-2-8)18(15,16)7-10-12-5-6-17-10/h1-6H,7H2,(H,13,14). The Bertz CT molecular complexity index is 645. The third-order valence-corrected chi connectivity index (χ3v) is 4.86. The van der Waals surface area contributed by atoms with Crippen LogP contribution in [0.5, 0.6) is 0 Å². The van der Waals surface area contributed by atoms with E-state index in [-0.39, 0.29) is 16.2 Å². The van der Waals surface area contributed by atoms with Gasteiger partial charge >= 0.3 is 5.97 Å². The lowest BCUT2D eigenvalue weighted by Crippen LogP contribution is -2.05. The highest BCUT2D eigenvalue weighted by atomic mass is 32.2. The number of hydrogen-bond acceptors (Lipinski definition) is 5. The van der Waals surface area contributed by atoms with Crippen LogP contribution in [0.1, 0.15) is 15.4 Å². The van der Waals surface area contributed by atoms with Crippen LogP contribution in [0, 0.1) is 0 Å². The van der Waals surface area contributed by atoms with E-state index < -0.39 is 15.8 Å². The number of carboxylic acids is 1. The van der Waals surface area contributed by atoms with Crippen LogP contribution in [0.15, 0.2) is 40.7 Å². The molecule has 0 spiro atoms. The first-order valence-electron chi connectivity index (χ1n) is 4.93. The number of thiazole rings is 1. The molecule has 0 saturated heterocycles. The number of sulfone groups is 1. The molecule has 0 bridgehead atoms. The van der Waals surface area contributed by atoms with Crippen LogP contribution < -0.4 is 0 Å². The number of aromatic carboxylic acids is 1. The minimum absolute atomic E-state index is 0.0585. The van der Waals surface area contributed by atoms with Crippen molar-refractivity contribution in [3.63, 3.8) is 0 Å². The first-order valence-corrected chi connectivity index (χ1v) is 7.47. The molecule has 94 valence electrons. The number of aromatic nitrogens is 1. The highest BCUT2D eigenvalue weighted by molar-refractivity contribution is 7.90. The highest BCUT2D eigenvalue weighted by Crippen LogP contribution is 2.18. The number of nitrogens with zero attached hydrogens (tertiary/aromatic N) is 1. The van der Waals surface area contributed by atoms with E-state index >= 15 is 0 Å². The van der Waals surface area contributed by atoms with Crippen LogP contribution >= 0.6 is 11.3 Å². The molecule has 0 unspecified atom stereocenters. The van der Waals surface area contributed by atoms with Gasteiger partial charge in [-0.1, -0.05) is 0 Å². The van der Waals surface area contributed by atoms with E-state index in [1.165, 1.54) is 35.6 Å². The molecule has 18 heavy (non-hydrogen) atoms. The first-order chi connectivity index (χ1) is 8.49. The van der Waals surface area contributed by atoms with Crippen molar-refractivity contribution < 1.29 is 18.3 Å². The third-order valence-electron chi connectivity index (χ3n) is 2.26. The lowest BCUT2D eigenvalue weighted by Gasteiger charge is -2.02. The van der Waals surface area contributed by atoms with E-state index in [4.69, 9.17) is 5.11 Å². The van der Waals surface area contributed by atoms with Crippen molar-refractivity contribution in [1.29, 1.82) is 0 Å². The van der Waals surface area contributed by atoms with E-state index in [0.29, 0.717) is 5.01 Å². The van der Waals surface area contributed by atoms with E-state index in [0.717, 1.165) is 0 Å². The highest BCUT2D eigenvalue weighted by Gasteiger charge is 2.17. The van der Waals surface area contributed by atoms with Crippen molar-refractivity contribution >= 4 is 27.1 Å². The van der Waals surface area contributed by atoms with Crippen molar-refractivity contribution in [3.05, 3.63) is 46.4 Å². The second kappa shape index (κ2) is 4.87. The molecule has 0 aliphatic heterocycles. The average molecular weight is 283 g/mol. The Kier molecular flexibility index (Phi) is 3.44. The number of rotatable bonds is 4. The largest absolute Gasteiger partial charge is 0.478 e. The monoisotopic (exact) mass is 283 g/mol. The van der Waals surface area contributed by atoms with Crippen LogP contribution in [0.3, 0.4) is 0 Å². The van der Waals surface area contributed by atoms with Gasteiger partial charge in [-0.3, -0.25) is 0 Å². The van der Waals surface area contributed by atoms with Crippen molar-refractivity contribution in [2.75, 3.05) is 0 Å². The van der Waals surface area contributed by atoms with Crippen molar-refractivity contribution in [1.82, 2.24) is 4.98 Å². The molecule has 0 aliphatic carbocycles. The summed E-state index contributed by atoms with van der Waals surface area (Å²) in [4.78, 5) is 14.7. The average Bonchev–Trinajstić information content (AvgIpc) is 2.81. The molecule has 1 aromatic heterocycles. The minimum atomic E-state index is -3.47. The van der Waals surface area contributed by atoms with E-state index in [9.17, 15) is 13.2 Å². The number of carbonyl (C=O) groups is 1. The summed E-state index contributed by atoms with van der Waals surface area (Å²) in [5.41, 5.74) is 0.0585. The van der Waals surface area contributed by atoms with Gasteiger partial charge in [0.15, 0.2) is 9.84 Å². The van der Waals surface area contributed by atoms with Gasteiger partial charge in [0.05, 0.1) is 10.5 Å². The quantitative estimate of drug-likeness (QED) is 0.925. The van der Waals surface area contributed by atoms with Crippen LogP contribution in [-0.4, -0.2) is 24.5 Å². The maximum Gasteiger partial charge on any atom is 0.335 e. The summed E-state index contributed by atoms with van der Waals surface area (Å²) >= 11 is 1.27. The summed E-state index contributed by atoms with van der Waals surface area (Å²) in [6.45, 7) is 0. The fraction of sp³-hybridized carbons (Fsp3) is 0.0909. The van der Waals surface area contributed by atoms with Gasteiger partial charge in [0.25, 0.3) is 0 Å². The minimum Gasteiger partial charge on any atom is -0.478 e. The second-order valence-corrected chi connectivity index (χ2v) is 6.48. The maximum absolute atomic E-state index is 12.0. The molecule has 0 fully saturated rings. The van der Waals surface area contributed by atoms with Gasteiger partial charge in [-0.25, -0.2) is 18.2 Å². The Hall–Kier alpha value is -1.73. The zero-order valence-electron chi connectivity index (χ0n) is 9.11. The van der Waals surface area contributed by atoms with E-state index in [1.807, 2.05) is 0 Å². The fourth-order valence-corrected chi connectivity index (χ4v) is 3.63. The molecule has 5 nitrogen and oxygen atoms in total. The Balaban J connectivity index is 2.27. The zero-order valence-corrected chi connectivity index (χ0v) is 10.7. The van der Waals surface area contributed by atoms with Crippen LogP contribution in [0.25, 0.3) is 0 Å². The van der Waals surface area contributed by atoms with Crippen molar-refractivity contribution in [2.24, 2.45) is 0 Å². The summed E-state index contributed by atoms with van der Waals surface area (Å²) in [5, 5.41) is 10.9. The molecule has 0 atom stereocenters. The normalized spacial score (nSPS) is 11.3. The lowest BCUT2D eigenvalue weighted by molar-refractivity contribution is 0.0697. The van der Waals surface area contributed by atoms with Crippen molar-refractivity contribution in [2.45, 2.75) is 10.6 Å². The second-order valence-electron chi connectivity index (χ2n) is 3.51. The third kappa shape index (κ3) is 2.74. The Labute approximate surface area is 108 Å². The Morgan fingerprint density at radius 2 is 1.94 bits per heavy atom. The van der Waals surface area contributed by atoms with Crippen LogP contribution in [-0.2, 0) is 15.6 Å². The Morgan fingerprint density at radius 3 is 2.44 bits per heavy atom. The van der Waals surface area contributed by atoms with Gasteiger partial charge in [-0.15, -0.1) is 11.3 Å². The zero-order chi connectivity index (χ0) is 13.2. The van der Waals surface area contributed by atoms with Gasteiger partial charge in [-0.05, 0) is 24.3 Å². The molecular formula is C11H9NO4S2. The summed E-state index contributed by atoms with van der Waals surface area (Å²) in [7, 11) is -3.47. The number of benzene rings is 1. The molecule has 0 aliphatic rings. The molecule has 7 heteroatoms. The van der Waals surface area contributed by atoms with E-state index in [1.54, 1.807) is 11.6 Å². The molecule has 2 aromatic rings. The number of carboxylic acid groups (broad SMARTS) is 1. The predicted octanol–water partition coefficient (Wildman–Crippen LogP) is 1.82. The van der Waals surface area contributed by atoms with Crippen LogP contribution in [0.2, 0.25) is 0 Å². The van der Waals surface area contributed by atoms with Gasteiger partial charge in [0, 0.05) is 11.6 Å². The molecule has 0 saturated carbocycles. The smallest absolute Gasteiger partial charge is 0.335 e. The molecule has 1 aromatic carbocycles. The van der Waals surface area contributed by atoms with Gasteiger partial charge in [0.1, 0.15) is 10.8 Å². The predicted molar refractivity (Wildman–Crippen MR) is 66.4 cm³/mol. The van der Waals surface area contributed by atoms with Gasteiger partial charge in [-0.2, -0.15) is 0 Å². The molecular weight excluding hydrogens is 274 g/mol. The lowest BCUT2D eigenvalue weighted by atomic mass is 10.2. The summed E-state index contributed by atoms with van der Waals surface area (Å²) in [6.07, 6.45) is 1.54.